The van der Waals surface area contributed by atoms with Crippen molar-refractivity contribution >= 4 is 11.9 Å². The van der Waals surface area contributed by atoms with E-state index in [1.807, 2.05) is 30.3 Å². The van der Waals surface area contributed by atoms with Crippen LogP contribution in [0.25, 0.3) is 6.08 Å². The standard InChI is InChI=1S/C26H24O6/c1-28-18-10-11-21-19(15-18)24(27)20(25(32-21)17-8-6-5-7-9-17)12-16-13-22(29-2)26(31-4)23(14-16)30-3/h5-15,25H,1-4H3/b20-12+. The molecular formula is C26H24O6. The average molecular weight is 432 g/mol. The van der Waals surface area contributed by atoms with Crippen LogP contribution in [-0.2, 0) is 0 Å². The molecule has 6 heteroatoms. The number of carbonyl (C=O) groups excluding carboxylic acids is 1. The number of carbonyl (C=O) groups is 1. The molecule has 0 aliphatic carbocycles. The van der Waals surface area contributed by atoms with Crippen LogP contribution < -0.4 is 23.7 Å². The summed E-state index contributed by atoms with van der Waals surface area (Å²) in [5.74, 6) is 2.46. The summed E-state index contributed by atoms with van der Waals surface area (Å²) in [5, 5.41) is 0. The summed E-state index contributed by atoms with van der Waals surface area (Å²) in [6, 6.07) is 18.5. The largest absolute Gasteiger partial charge is 0.497 e. The third-order valence-corrected chi connectivity index (χ3v) is 5.33. The molecule has 3 aromatic rings. The number of methoxy groups -OCH3 is 4. The highest BCUT2D eigenvalue weighted by molar-refractivity contribution is 6.15. The lowest BCUT2D eigenvalue weighted by Gasteiger charge is -2.28. The molecule has 32 heavy (non-hydrogen) atoms. The molecule has 0 spiro atoms. The van der Waals surface area contributed by atoms with E-state index in [1.165, 1.54) is 0 Å². The Kier molecular flexibility index (Phi) is 6.03. The fourth-order valence-electron chi connectivity index (χ4n) is 3.76. The fourth-order valence-corrected chi connectivity index (χ4v) is 3.76. The van der Waals surface area contributed by atoms with Gasteiger partial charge in [-0.05, 0) is 47.5 Å². The Morgan fingerprint density at radius 2 is 1.50 bits per heavy atom. The minimum atomic E-state index is -0.566. The van der Waals surface area contributed by atoms with Gasteiger partial charge < -0.3 is 23.7 Å². The first-order chi connectivity index (χ1) is 15.6. The van der Waals surface area contributed by atoms with Gasteiger partial charge in [0.25, 0.3) is 0 Å². The first kappa shape index (κ1) is 21.3. The highest BCUT2D eigenvalue weighted by Crippen LogP contribution is 2.43. The van der Waals surface area contributed by atoms with Crippen LogP contribution in [0.4, 0.5) is 0 Å². The predicted octanol–water partition coefficient (Wildman–Crippen LogP) is 5.12. The summed E-state index contributed by atoms with van der Waals surface area (Å²) in [5.41, 5.74) is 2.54. The summed E-state index contributed by atoms with van der Waals surface area (Å²) in [4.78, 5) is 13.6. The molecule has 164 valence electrons. The Morgan fingerprint density at radius 1 is 0.812 bits per heavy atom. The van der Waals surface area contributed by atoms with E-state index in [1.54, 1.807) is 64.8 Å². The van der Waals surface area contributed by atoms with Gasteiger partial charge in [0.15, 0.2) is 23.4 Å². The number of ether oxygens (including phenoxy) is 5. The van der Waals surface area contributed by atoms with E-state index in [4.69, 9.17) is 23.7 Å². The SMILES string of the molecule is COc1ccc2c(c1)C(=O)/C(=C\c1cc(OC)c(OC)c(OC)c1)C(c1ccccc1)O2. The van der Waals surface area contributed by atoms with Crippen molar-refractivity contribution in [3.05, 3.63) is 82.9 Å². The maximum absolute atomic E-state index is 13.6. The third kappa shape index (κ3) is 3.87. The lowest BCUT2D eigenvalue weighted by atomic mass is 9.89. The molecule has 0 aromatic heterocycles. The van der Waals surface area contributed by atoms with Gasteiger partial charge in [-0.1, -0.05) is 30.3 Å². The predicted molar refractivity (Wildman–Crippen MR) is 121 cm³/mol. The molecule has 1 aliphatic rings. The number of benzene rings is 3. The Morgan fingerprint density at radius 3 is 2.09 bits per heavy atom. The van der Waals surface area contributed by atoms with Crippen molar-refractivity contribution in [1.82, 2.24) is 0 Å². The second-order valence-corrected chi connectivity index (χ2v) is 7.16. The van der Waals surface area contributed by atoms with E-state index in [0.29, 0.717) is 39.9 Å². The van der Waals surface area contributed by atoms with E-state index in [9.17, 15) is 4.79 Å². The van der Waals surface area contributed by atoms with Gasteiger partial charge in [0.05, 0.1) is 34.0 Å². The minimum Gasteiger partial charge on any atom is -0.497 e. The number of hydrogen-bond donors (Lipinski definition) is 0. The molecule has 1 heterocycles. The highest BCUT2D eigenvalue weighted by atomic mass is 16.5. The van der Waals surface area contributed by atoms with Gasteiger partial charge in [-0.25, -0.2) is 0 Å². The van der Waals surface area contributed by atoms with E-state index in [-0.39, 0.29) is 5.78 Å². The summed E-state index contributed by atoms with van der Waals surface area (Å²) in [6.07, 6.45) is 1.23. The van der Waals surface area contributed by atoms with Gasteiger partial charge in [0, 0.05) is 5.57 Å². The molecule has 0 amide bonds. The molecule has 0 saturated carbocycles. The van der Waals surface area contributed by atoms with Gasteiger partial charge in [0.2, 0.25) is 5.75 Å². The Labute approximate surface area is 186 Å². The maximum atomic E-state index is 13.6. The van der Waals surface area contributed by atoms with Crippen molar-refractivity contribution < 1.29 is 28.5 Å². The number of fused-ring (bicyclic) bond motifs is 1. The van der Waals surface area contributed by atoms with Gasteiger partial charge in [-0.15, -0.1) is 0 Å². The Hall–Kier alpha value is -3.93. The zero-order valence-electron chi connectivity index (χ0n) is 18.4. The van der Waals surface area contributed by atoms with Crippen molar-refractivity contribution in [3.8, 4) is 28.7 Å². The van der Waals surface area contributed by atoms with E-state index in [0.717, 1.165) is 11.1 Å². The van der Waals surface area contributed by atoms with Crippen LogP contribution >= 0.6 is 0 Å². The second kappa shape index (κ2) is 9.06. The van der Waals surface area contributed by atoms with Crippen molar-refractivity contribution in [1.29, 1.82) is 0 Å². The van der Waals surface area contributed by atoms with Crippen molar-refractivity contribution in [2.24, 2.45) is 0 Å². The fraction of sp³-hybridized carbons (Fsp3) is 0.192. The number of Topliss-reactive ketones (excluding diaryl/α,β-unsaturated/α-hetero) is 1. The van der Waals surface area contributed by atoms with Gasteiger partial charge >= 0.3 is 0 Å². The Bertz CT molecular complexity index is 1140. The second-order valence-electron chi connectivity index (χ2n) is 7.16. The topological polar surface area (TPSA) is 63.2 Å². The smallest absolute Gasteiger partial charge is 0.203 e. The van der Waals surface area contributed by atoms with Crippen LogP contribution in [0.2, 0.25) is 0 Å². The first-order valence-electron chi connectivity index (χ1n) is 10.1. The van der Waals surface area contributed by atoms with Crippen molar-refractivity contribution in [2.75, 3.05) is 28.4 Å². The van der Waals surface area contributed by atoms with Crippen LogP contribution in [0.15, 0.2) is 66.2 Å². The van der Waals surface area contributed by atoms with Crippen molar-refractivity contribution in [2.45, 2.75) is 6.10 Å². The van der Waals surface area contributed by atoms with Crippen LogP contribution in [0, 0.1) is 0 Å². The molecule has 4 rings (SSSR count). The zero-order chi connectivity index (χ0) is 22.7. The van der Waals surface area contributed by atoms with Crippen molar-refractivity contribution in [3.63, 3.8) is 0 Å². The molecule has 3 aromatic carbocycles. The lowest BCUT2D eigenvalue weighted by Crippen LogP contribution is -2.23. The minimum absolute atomic E-state index is 0.132. The third-order valence-electron chi connectivity index (χ3n) is 5.33. The maximum Gasteiger partial charge on any atom is 0.203 e. The van der Waals surface area contributed by atoms with Gasteiger partial charge in [-0.2, -0.15) is 0 Å². The summed E-state index contributed by atoms with van der Waals surface area (Å²) in [7, 11) is 6.22. The van der Waals surface area contributed by atoms with Crippen LogP contribution in [0.5, 0.6) is 28.7 Å². The quantitative estimate of drug-likeness (QED) is 0.504. The molecule has 1 unspecified atom stereocenters. The normalized spacial score (nSPS) is 16.2. The number of rotatable bonds is 6. The number of hydrogen-bond acceptors (Lipinski definition) is 6. The summed E-state index contributed by atoms with van der Waals surface area (Å²) >= 11 is 0. The molecular weight excluding hydrogens is 408 g/mol. The van der Waals surface area contributed by atoms with Crippen LogP contribution in [-0.4, -0.2) is 34.2 Å². The molecule has 0 saturated heterocycles. The lowest BCUT2D eigenvalue weighted by molar-refractivity contribution is 0.0963. The molecule has 0 radical (unpaired) electrons. The monoisotopic (exact) mass is 432 g/mol. The first-order valence-corrected chi connectivity index (χ1v) is 10.1. The molecule has 0 fully saturated rings. The van der Waals surface area contributed by atoms with Crippen LogP contribution in [0.3, 0.4) is 0 Å². The molecule has 1 aliphatic heterocycles. The van der Waals surface area contributed by atoms with Crippen LogP contribution in [0.1, 0.15) is 27.6 Å². The number of ketones is 1. The van der Waals surface area contributed by atoms with E-state index in [2.05, 4.69) is 0 Å². The van der Waals surface area contributed by atoms with Gasteiger partial charge in [0.1, 0.15) is 11.5 Å². The molecule has 6 nitrogen and oxygen atoms in total. The Balaban J connectivity index is 1.89. The highest BCUT2D eigenvalue weighted by Gasteiger charge is 2.33. The van der Waals surface area contributed by atoms with E-state index >= 15 is 0 Å². The summed E-state index contributed by atoms with van der Waals surface area (Å²) in [6.45, 7) is 0. The molecule has 1 atom stereocenters. The van der Waals surface area contributed by atoms with E-state index < -0.39 is 6.10 Å². The van der Waals surface area contributed by atoms with Gasteiger partial charge in [-0.3, -0.25) is 4.79 Å². The summed E-state index contributed by atoms with van der Waals surface area (Å²) < 4.78 is 27.9. The molecule has 0 N–H and O–H groups in total. The average Bonchev–Trinajstić information content (AvgIpc) is 2.85. The molecule has 0 bridgehead atoms. The zero-order valence-corrected chi connectivity index (χ0v) is 18.4.